The molecule has 0 aromatic heterocycles. The molecular weight excluding hydrogens is 504 g/mol. The van der Waals surface area contributed by atoms with Gasteiger partial charge in [0.05, 0.1) is 0 Å². The van der Waals surface area contributed by atoms with E-state index in [0.717, 1.165) is 0 Å². The molecule has 0 aliphatic rings. The van der Waals surface area contributed by atoms with Crippen LogP contribution in [0.3, 0.4) is 0 Å². The highest BCUT2D eigenvalue weighted by Gasteiger charge is 1.99. The molecule has 0 bridgehead atoms. The highest BCUT2D eigenvalue weighted by Crippen LogP contribution is 2.19. The normalized spacial score (nSPS) is 11.5. The van der Waals surface area contributed by atoms with E-state index >= 15 is 0 Å². The minimum atomic E-state index is 1.24. The quantitative estimate of drug-likeness (QED) is 0.0783. The van der Waals surface area contributed by atoms with Crippen LogP contribution >= 0.6 is 0 Å². The third-order valence-electron chi connectivity index (χ3n) is 9.63. The van der Waals surface area contributed by atoms with E-state index in [4.69, 9.17) is 0 Å². The van der Waals surface area contributed by atoms with Crippen LogP contribution in [0.1, 0.15) is 205 Å². The van der Waals surface area contributed by atoms with Crippen molar-refractivity contribution in [2.24, 2.45) is 0 Å². The largest absolute Gasteiger partial charge is 0.0654 e. The molecule has 2 rings (SSSR count). The smallest absolute Gasteiger partial charge is 0.0181 e. The molecule has 0 saturated carbocycles. The molecule has 0 N–H and O–H groups in total. The first-order chi connectivity index (χ1) is 20.9. The van der Waals surface area contributed by atoms with E-state index in [1.54, 1.807) is 0 Å². The number of hydrogen-bond donors (Lipinski definition) is 0. The van der Waals surface area contributed by atoms with Gasteiger partial charge in [0.1, 0.15) is 0 Å². The van der Waals surface area contributed by atoms with Crippen molar-refractivity contribution < 1.29 is 0 Å². The van der Waals surface area contributed by atoms with Gasteiger partial charge in [0, 0.05) is 0 Å². The van der Waals surface area contributed by atoms with Crippen LogP contribution < -0.4 is 0 Å². The summed E-state index contributed by atoms with van der Waals surface area (Å²) in [6, 6.07) is 15.7. The molecule has 0 unspecified atom stereocenters. The number of fused-ring (bicyclic) bond motifs is 1. The molecule has 0 heterocycles. The Morgan fingerprint density at radius 3 is 0.976 bits per heavy atom. The molecule has 0 heteroatoms. The number of rotatable bonds is 31. The summed E-state index contributed by atoms with van der Waals surface area (Å²) >= 11 is 0. The minimum Gasteiger partial charge on any atom is -0.0654 e. The third-order valence-corrected chi connectivity index (χ3v) is 9.63. The van der Waals surface area contributed by atoms with Crippen LogP contribution in [-0.2, 0) is 6.42 Å². The molecule has 42 heavy (non-hydrogen) atoms. The topological polar surface area (TPSA) is 0 Å². The van der Waals surface area contributed by atoms with E-state index in [1.807, 2.05) is 0 Å². The first-order valence-electron chi connectivity index (χ1n) is 19.4. The van der Waals surface area contributed by atoms with Gasteiger partial charge in [-0.2, -0.15) is 0 Å². The maximum atomic E-state index is 2.39. The fraction of sp³-hybridized carbons (Fsp3) is 0.762. The number of aryl methyl sites for hydroxylation is 1. The molecule has 0 radical (unpaired) electrons. The van der Waals surface area contributed by atoms with Crippen LogP contribution in [0.5, 0.6) is 0 Å². The summed E-state index contributed by atoms with van der Waals surface area (Å²) < 4.78 is 0. The van der Waals surface area contributed by atoms with Gasteiger partial charge in [-0.25, -0.2) is 0 Å². The minimum absolute atomic E-state index is 1.24. The summed E-state index contributed by atoms with van der Waals surface area (Å²) in [5.74, 6) is 0. The maximum Gasteiger partial charge on any atom is -0.0181 e. The summed E-state index contributed by atoms with van der Waals surface area (Å²) in [7, 11) is 0. The van der Waals surface area contributed by atoms with Crippen molar-refractivity contribution in [3.05, 3.63) is 48.0 Å². The zero-order valence-electron chi connectivity index (χ0n) is 28.5. The average molecular weight is 577 g/mol. The van der Waals surface area contributed by atoms with Crippen molar-refractivity contribution in [2.45, 2.75) is 206 Å². The van der Waals surface area contributed by atoms with Gasteiger partial charge in [0.15, 0.2) is 0 Å². The Bertz CT molecular complexity index is 820. The Labute approximate surface area is 264 Å². The third kappa shape index (κ3) is 21.4. The molecule has 0 nitrogen and oxygen atoms in total. The van der Waals surface area contributed by atoms with Crippen LogP contribution in [0.15, 0.2) is 42.5 Å². The molecule has 0 atom stereocenters. The second-order valence-corrected chi connectivity index (χ2v) is 13.7. The van der Waals surface area contributed by atoms with Crippen molar-refractivity contribution in [3.8, 4) is 0 Å². The Balaban J connectivity index is 1.19. The fourth-order valence-electron chi connectivity index (χ4n) is 6.75. The van der Waals surface area contributed by atoms with E-state index in [-0.39, 0.29) is 0 Å². The van der Waals surface area contributed by atoms with Crippen LogP contribution in [-0.4, -0.2) is 0 Å². The molecule has 0 spiro atoms. The Morgan fingerprint density at radius 2 is 0.619 bits per heavy atom. The van der Waals surface area contributed by atoms with E-state index in [1.165, 1.54) is 215 Å². The van der Waals surface area contributed by atoms with Gasteiger partial charge in [-0.05, 0) is 29.2 Å². The maximum absolute atomic E-state index is 2.39. The van der Waals surface area contributed by atoms with E-state index in [2.05, 4.69) is 49.4 Å². The lowest BCUT2D eigenvalue weighted by Gasteiger charge is -2.05. The zero-order chi connectivity index (χ0) is 29.6. The van der Waals surface area contributed by atoms with Crippen LogP contribution in [0.4, 0.5) is 0 Å². The SMILES string of the molecule is CCCCCCCCCCCCCCCCCCCCCCCCCCCCCCCCc1ccc2ccccc2c1. The molecule has 2 aromatic rings. The van der Waals surface area contributed by atoms with Crippen LogP contribution in [0, 0.1) is 0 Å². The number of hydrogen-bond acceptors (Lipinski definition) is 0. The van der Waals surface area contributed by atoms with Crippen molar-refractivity contribution in [1.82, 2.24) is 0 Å². The van der Waals surface area contributed by atoms with Crippen LogP contribution in [0.25, 0.3) is 10.8 Å². The molecule has 0 aliphatic carbocycles. The number of unbranched alkanes of at least 4 members (excludes halogenated alkanes) is 29. The molecule has 0 saturated heterocycles. The average Bonchev–Trinajstić information content (AvgIpc) is 3.02. The second kappa shape index (κ2) is 28.5. The Morgan fingerprint density at radius 1 is 0.310 bits per heavy atom. The first-order valence-corrected chi connectivity index (χ1v) is 19.4. The summed E-state index contributed by atoms with van der Waals surface area (Å²) in [6.45, 7) is 2.31. The van der Waals surface area contributed by atoms with Gasteiger partial charge in [-0.15, -0.1) is 0 Å². The number of benzene rings is 2. The molecule has 2 aromatic carbocycles. The van der Waals surface area contributed by atoms with Crippen molar-refractivity contribution in [3.63, 3.8) is 0 Å². The van der Waals surface area contributed by atoms with Crippen molar-refractivity contribution in [1.29, 1.82) is 0 Å². The second-order valence-electron chi connectivity index (χ2n) is 13.7. The highest BCUT2D eigenvalue weighted by molar-refractivity contribution is 5.82. The summed E-state index contributed by atoms with van der Waals surface area (Å²) in [5, 5.41) is 2.75. The first kappa shape index (κ1) is 36.9. The van der Waals surface area contributed by atoms with E-state index < -0.39 is 0 Å². The molecule has 240 valence electrons. The predicted molar refractivity (Wildman–Crippen MR) is 192 cm³/mol. The van der Waals surface area contributed by atoms with Crippen molar-refractivity contribution in [2.75, 3.05) is 0 Å². The molecule has 0 amide bonds. The molecular formula is C42H72. The zero-order valence-corrected chi connectivity index (χ0v) is 28.5. The lowest BCUT2D eigenvalue weighted by molar-refractivity contribution is 0.513. The summed E-state index contributed by atoms with van der Waals surface area (Å²) in [4.78, 5) is 0. The molecule has 0 aliphatic heterocycles. The van der Waals surface area contributed by atoms with Gasteiger partial charge in [-0.3, -0.25) is 0 Å². The monoisotopic (exact) mass is 577 g/mol. The lowest BCUT2D eigenvalue weighted by Crippen LogP contribution is -1.87. The summed E-state index contributed by atoms with van der Waals surface area (Å²) in [6.07, 6.45) is 45.2. The lowest BCUT2D eigenvalue weighted by atomic mass is 10.0. The van der Waals surface area contributed by atoms with Gasteiger partial charge in [-0.1, -0.05) is 236 Å². The van der Waals surface area contributed by atoms with Crippen molar-refractivity contribution >= 4 is 10.8 Å². The standard InChI is InChI=1S/C42H72/c1-2-3-4-5-6-7-8-9-10-11-12-13-14-15-16-17-18-19-20-21-22-23-24-25-26-27-28-29-30-31-34-40-37-38-41-35-32-33-36-42(41)39-40/h32-33,35-39H,2-31,34H2,1H3. The van der Waals surface area contributed by atoms with Gasteiger partial charge >= 0.3 is 0 Å². The predicted octanol–water partition coefficient (Wildman–Crippen LogP) is 15.1. The van der Waals surface area contributed by atoms with Gasteiger partial charge in [0.25, 0.3) is 0 Å². The summed E-state index contributed by atoms with van der Waals surface area (Å²) in [5.41, 5.74) is 1.51. The van der Waals surface area contributed by atoms with E-state index in [0.29, 0.717) is 0 Å². The van der Waals surface area contributed by atoms with Crippen LogP contribution in [0.2, 0.25) is 0 Å². The Kier molecular flexibility index (Phi) is 25.0. The Hall–Kier alpha value is -1.30. The highest BCUT2D eigenvalue weighted by atomic mass is 14.0. The fourth-order valence-corrected chi connectivity index (χ4v) is 6.75. The van der Waals surface area contributed by atoms with Gasteiger partial charge in [0.2, 0.25) is 0 Å². The van der Waals surface area contributed by atoms with E-state index in [9.17, 15) is 0 Å². The molecule has 0 fully saturated rings. The van der Waals surface area contributed by atoms with Gasteiger partial charge < -0.3 is 0 Å².